The van der Waals surface area contributed by atoms with Gasteiger partial charge in [0.15, 0.2) is 11.6 Å². The first kappa shape index (κ1) is 29.2. The first-order valence-electron chi connectivity index (χ1n) is 14.1. The van der Waals surface area contributed by atoms with Gasteiger partial charge in [0.2, 0.25) is 5.91 Å². The maximum atomic E-state index is 14.9. The van der Waals surface area contributed by atoms with E-state index in [4.69, 9.17) is 9.47 Å². The first-order valence-corrected chi connectivity index (χ1v) is 14.1. The number of fused-ring (bicyclic) bond motifs is 2. The minimum atomic E-state index is -0.837. The van der Waals surface area contributed by atoms with Crippen LogP contribution in [0.5, 0.6) is 11.5 Å². The lowest BCUT2D eigenvalue weighted by Crippen LogP contribution is -2.52. The highest BCUT2D eigenvalue weighted by atomic mass is 19.1. The van der Waals surface area contributed by atoms with Gasteiger partial charge in [-0.15, -0.1) is 0 Å². The molecule has 2 bridgehead atoms. The van der Waals surface area contributed by atoms with Crippen molar-refractivity contribution in [3.05, 3.63) is 23.5 Å². The zero-order valence-corrected chi connectivity index (χ0v) is 23.9. The van der Waals surface area contributed by atoms with Crippen molar-refractivity contribution in [3.8, 4) is 11.5 Å². The zero-order chi connectivity index (χ0) is 28.7. The molecule has 2 amide bonds. The molecule has 0 aromatic heterocycles. The van der Waals surface area contributed by atoms with Crippen LogP contribution in [-0.2, 0) is 9.59 Å². The highest BCUT2D eigenvalue weighted by Gasteiger charge is 2.52. The molecule has 0 aliphatic heterocycles. The van der Waals surface area contributed by atoms with Crippen LogP contribution >= 0.6 is 0 Å². The highest BCUT2D eigenvalue weighted by Crippen LogP contribution is 2.49. The Labute approximate surface area is 230 Å². The Morgan fingerprint density at radius 2 is 1.72 bits per heavy atom. The van der Waals surface area contributed by atoms with Crippen LogP contribution in [0.3, 0.4) is 0 Å². The number of hydrogen-bond donors (Lipinski definition) is 3. The summed E-state index contributed by atoms with van der Waals surface area (Å²) in [5, 5.41) is 15.7. The Bertz CT molecular complexity index is 1110. The zero-order valence-electron chi connectivity index (χ0n) is 23.9. The number of benzene rings is 1. The summed E-state index contributed by atoms with van der Waals surface area (Å²) in [7, 11) is 1.38. The van der Waals surface area contributed by atoms with Gasteiger partial charge in [-0.1, -0.05) is 20.8 Å². The van der Waals surface area contributed by atoms with E-state index < -0.39 is 23.1 Å². The van der Waals surface area contributed by atoms with Gasteiger partial charge in [-0.3, -0.25) is 14.4 Å². The van der Waals surface area contributed by atoms with Crippen LogP contribution in [0.4, 0.5) is 4.39 Å². The molecule has 1 aromatic rings. The normalized spacial score (nSPS) is 30.9. The number of carboxylic acids is 1. The Kier molecular flexibility index (Phi) is 8.20. The molecule has 4 rings (SSSR count). The van der Waals surface area contributed by atoms with Crippen LogP contribution in [-0.4, -0.2) is 48.2 Å². The fourth-order valence-electron chi connectivity index (χ4n) is 6.34. The molecule has 216 valence electrons. The Morgan fingerprint density at radius 1 is 1.08 bits per heavy atom. The third-order valence-corrected chi connectivity index (χ3v) is 9.52. The second-order valence-electron chi connectivity index (χ2n) is 13.1. The summed E-state index contributed by atoms with van der Waals surface area (Å²) in [5.74, 6) is -1.80. The van der Waals surface area contributed by atoms with E-state index in [0.717, 1.165) is 25.3 Å². The molecule has 3 aliphatic rings. The Balaban J connectivity index is 1.50. The maximum Gasteiger partial charge on any atom is 0.309 e. The molecule has 0 saturated heterocycles. The summed E-state index contributed by atoms with van der Waals surface area (Å²) in [6.45, 7) is 9.96. The molecule has 9 heteroatoms. The molecule has 3 aliphatic carbocycles. The van der Waals surface area contributed by atoms with Gasteiger partial charge >= 0.3 is 5.97 Å². The number of methoxy groups -OCH3 is 1. The number of rotatable bonds is 8. The van der Waals surface area contributed by atoms with E-state index in [1.54, 1.807) is 6.92 Å². The summed E-state index contributed by atoms with van der Waals surface area (Å²) in [6, 6.07) is 2.17. The lowest BCUT2D eigenvalue weighted by molar-refractivity contribution is -0.150. The van der Waals surface area contributed by atoms with Crippen molar-refractivity contribution in [3.63, 3.8) is 0 Å². The van der Waals surface area contributed by atoms with E-state index in [-0.39, 0.29) is 64.3 Å². The predicted molar refractivity (Wildman–Crippen MR) is 144 cm³/mol. The van der Waals surface area contributed by atoms with Crippen molar-refractivity contribution in [1.29, 1.82) is 0 Å². The fourth-order valence-corrected chi connectivity index (χ4v) is 6.34. The number of halogens is 1. The number of hydrogen-bond acceptors (Lipinski definition) is 5. The minimum absolute atomic E-state index is 0.0227. The van der Waals surface area contributed by atoms with Crippen LogP contribution in [0.1, 0.15) is 89.9 Å². The fraction of sp³-hybridized carbons (Fsp3) is 0.700. The van der Waals surface area contributed by atoms with Gasteiger partial charge in [-0.25, -0.2) is 4.39 Å². The molecular weight excluding hydrogens is 503 g/mol. The average molecular weight is 547 g/mol. The molecule has 1 aromatic carbocycles. The number of carbonyl (C=O) groups excluding carboxylic acids is 2. The second kappa shape index (κ2) is 11.0. The highest BCUT2D eigenvalue weighted by molar-refractivity contribution is 5.98. The summed E-state index contributed by atoms with van der Waals surface area (Å²) in [5.41, 5.74) is -0.753. The standard InChI is InChI=1S/C30H43FN2O6/c1-16(29(2,3)4)32-27(35)24-17-7-8-18(13-17)25(24)33-26(34)20-14-23(21(31)15-22(20)38-6)39-19-9-11-30(5,12-10-19)28(36)37/h14-19,24-25H,7-13H2,1-6H3,(H,32,35)(H,33,34)(H,36,37)/t16-,17+,18-,19?,24-,25+,30?/m0/s1. The molecule has 0 radical (unpaired) electrons. The second-order valence-corrected chi connectivity index (χ2v) is 13.1. The van der Waals surface area contributed by atoms with E-state index in [0.29, 0.717) is 25.7 Å². The van der Waals surface area contributed by atoms with Crippen molar-refractivity contribution in [1.82, 2.24) is 10.6 Å². The van der Waals surface area contributed by atoms with E-state index in [2.05, 4.69) is 31.4 Å². The summed E-state index contributed by atoms with van der Waals surface area (Å²) >= 11 is 0. The first-order chi connectivity index (χ1) is 18.2. The molecule has 0 unspecified atom stereocenters. The summed E-state index contributed by atoms with van der Waals surface area (Å²) in [4.78, 5) is 38.5. The van der Waals surface area contributed by atoms with Crippen LogP contribution in [0, 0.1) is 34.4 Å². The van der Waals surface area contributed by atoms with Gasteiger partial charge in [0.25, 0.3) is 5.91 Å². The van der Waals surface area contributed by atoms with Gasteiger partial charge in [-0.05, 0) is 82.1 Å². The summed E-state index contributed by atoms with van der Waals surface area (Å²) < 4.78 is 26.2. The minimum Gasteiger partial charge on any atom is -0.496 e. The van der Waals surface area contributed by atoms with E-state index in [9.17, 15) is 23.9 Å². The third kappa shape index (κ3) is 6.02. The van der Waals surface area contributed by atoms with Gasteiger partial charge in [0, 0.05) is 18.2 Å². The van der Waals surface area contributed by atoms with Crippen molar-refractivity contribution < 1.29 is 33.4 Å². The molecule has 5 atom stereocenters. The number of aliphatic carboxylic acids is 1. The van der Waals surface area contributed by atoms with Crippen LogP contribution < -0.4 is 20.1 Å². The third-order valence-electron chi connectivity index (χ3n) is 9.52. The van der Waals surface area contributed by atoms with Gasteiger partial charge in [0.05, 0.1) is 30.1 Å². The number of carbonyl (C=O) groups is 3. The SMILES string of the molecule is COc1cc(F)c(OC2CCC(C)(C(=O)O)CC2)cc1C(=O)N[C@@H]1[C@H]2CC[C@H](C2)[C@@H]1C(=O)N[C@@H](C)C(C)(C)C. The topological polar surface area (TPSA) is 114 Å². The van der Waals surface area contributed by atoms with Crippen LogP contribution in [0.2, 0.25) is 0 Å². The summed E-state index contributed by atoms with van der Waals surface area (Å²) in [6.07, 6.45) is 4.30. The van der Waals surface area contributed by atoms with Gasteiger partial charge in [0.1, 0.15) is 5.75 Å². The monoisotopic (exact) mass is 546 g/mol. The van der Waals surface area contributed by atoms with Crippen molar-refractivity contribution in [2.75, 3.05) is 7.11 Å². The predicted octanol–water partition coefficient (Wildman–Crippen LogP) is 4.94. The molecule has 0 spiro atoms. The van der Waals surface area contributed by atoms with Crippen LogP contribution in [0.25, 0.3) is 0 Å². The largest absolute Gasteiger partial charge is 0.496 e. The number of carboxylic acid groups (broad SMARTS) is 1. The quantitative estimate of drug-likeness (QED) is 0.426. The number of nitrogens with one attached hydrogen (secondary N) is 2. The van der Waals surface area contributed by atoms with Gasteiger partial charge < -0.3 is 25.2 Å². The molecule has 0 heterocycles. The molecule has 39 heavy (non-hydrogen) atoms. The number of amides is 2. The molecule has 3 N–H and O–H groups in total. The molecule has 3 saturated carbocycles. The molecular formula is C30H43FN2O6. The number of ether oxygens (including phenoxy) is 2. The maximum absolute atomic E-state index is 14.9. The van der Waals surface area contributed by atoms with Crippen molar-refractivity contribution in [2.24, 2.45) is 28.6 Å². The smallest absolute Gasteiger partial charge is 0.309 e. The molecule has 3 fully saturated rings. The van der Waals surface area contributed by atoms with Gasteiger partial charge in [-0.2, -0.15) is 0 Å². The van der Waals surface area contributed by atoms with Crippen molar-refractivity contribution in [2.45, 2.75) is 97.8 Å². The van der Waals surface area contributed by atoms with Crippen molar-refractivity contribution >= 4 is 17.8 Å². The van der Waals surface area contributed by atoms with E-state index >= 15 is 0 Å². The average Bonchev–Trinajstić information content (AvgIpc) is 3.47. The lowest BCUT2D eigenvalue weighted by atomic mass is 9.75. The molecule has 8 nitrogen and oxygen atoms in total. The van der Waals surface area contributed by atoms with E-state index in [1.165, 1.54) is 13.2 Å². The Morgan fingerprint density at radius 3 is 2.31 bits per heavy atom. The van der Waals surface area contributed by atoms with Crippen LogP contribution in [0.15, 0.2) is 12.1 Å². The Hall–Kier alpha value is -2.84. The van der Waals surface area contributed by atoms with E-state index in [1.807, 2.05) is 6.92 Å². The lowest BCUT2D eigenvalue weighted by Gasteiger charge is -2.34.